The van der Waals surface area contributed by atoms with E-state index in [0.717, 1.165) is 0 Å². The maximum atomic E-state index is 10.5. The molecule has 3 nitrogen and oxygen atoms in total. The summed E-state index contributed by atoms with van der Waals surface area (Å²) in [6.07, 6.45) is -0.132. The number of hydrogen-bond acceptors (Lipinski definition) is 2. The predicted molar refractivity (Wildman–Crippen MR) is 54.9 cm³/mol. The zero-order valence-electron chi connectivity index (χ0n) is 6.55. The maximum absolute atomic E-state index is 10.5. The molecular formula is C8H7BrClNO2. The summed E-state index contributed by atoms with van der Waals surface area (Å²) in [6, 6.07) is 3.29. The number of benzene rings is 1. The minimum Gasteiger partial charge on any atom is -0.481 e. The first-order valence-electron chi connectivity index (χ1n) is 3.46. The first-order chi connectivity index (χ1) is 6.02. The van der Waals surface area contributed by atoms with Gasteiger partial charge >= 0.3 is 5.97 Å². The molecule has 1 aromatic rings. The normalized spacial score (nSPS) is 10.0. The summed E-state index contributed by atoms with van der Waals surface area (Å²) in [4.78, 5) is 10.5. The van der Waals surface area contributed by atoms with E-state index >= 15 is 0 Å². The van der Waals surface area contributed by atoms with Gasteiger partial charge in [-0.15, -0.1) is 0 Å². The Morgan fingerprint density at radius 2 is 2.23 bits per heavy atom. The number of aliphatic carboxylic acids is 1. The average molecular weight is 265 g/mol. The van der Waals surface area contributed by atoms with Crippen molar-refractivity contribution in [2.75, 3.05) is 5.73 Å². The number of rotatable bonds is 2. The third-order valence-corrected chi connectivity index (χ3v) is 2.65. The van der Waals surface area contributed by atoms with Gasteiger partial charge in [-0.2, -0.15) is 0 Å². The highest BCUT2D eigenvalue weighted by atomic mass is 79.9. The lowest BCUT2D eigenvalue weighted by molar-refractivity contribution is -0.136. The van der Waals surface area contributed by atoms with Gasteiger partial charge in [-0.1, -0.05) is 27.5 Å². The Balaban J connectivity index is 3.17. The first-order valence-corrected chi connectivity index (χ1v) is 4.63. The molecule has 0 aliphatic rings. The SMILES string of the molecule is Nc1c(Cl)ccc(Br)c1CC(=O)O. The van der Waals surface area contributed by atoms with E-state index in [4.69, 9.17) is 22.4 Å². The maximum Gasteiger partial charge on any atom is 0.307 e. The van der Waals surface area contributed by atoms with E-state index in [9.17, 15) is 4.79 Å². The van der Waals surface area contributed by atoms with Gasteiger partial charge in [-0.05, 0) is 12.1 Å². The van der Waals surface area contributed by atoms with Gasteiger partial charge < -0.3 is 10.8 Å². The van der Waals surface area contributed by atoms with Gasteiger partial charge in [0.1, 0.15) is 0 Å². The van der Waals surface area contributed by atoms with E-state index in [0.29, 0.717) is 20.7 Å². The van der Waals surface area contributed by atoms with Crippen molar-refractivity contribution in [1.82, 2.24) is 0 Å². The lowest BCUT2D eigenvalue weighted by Gasteiger charge is -2.06. The lowest BCUT2D eigenvalue weighted by Crippen LogP contribution is -2.04. The Kier molecular flexibility index (Phi) is 3.17. The highest BCUT2D eigenvalue weighted by Crippen LogP contribution is 2.29. The van der Waals surface area contributed by atoms with E-state index < -0.39 is 5.97 Å². The van der Waals surface area contributed by atoms with Gasteiger partial charge in [0.05, 0.1) is 17.1 Å². The van der Waals surface area contributed by atoms with Crippen molar-refractivity contribution in [2.24, 2.45) is 0 Å². The van der Waals surface area contributed by atoms with Gasteiger partial charge in [-0.3, -0.25) is 4.79 Å². The van der Waals surface area contributed by atoms with Crippen LogP contribution in [0.4, 0.5) is 5.69 Å². The Morgan fingerprint density at radius 1 is 1.62 bits per heavy atom. The topological polar surface area (TPSA) is 63.3 Å². The van der Waals surface area contributed by atoms with Crippen LogP contribution in [0.25, 0.3) is 0 Å². The second-order valence-electron chi connectivity index (χ2n) is 2.49. The van der Waals surface area contributed by atoms with Crippen molar-refractivity contribution in [3.05, 3.63) is 27.2 Å². The van der Waals surface area contributed by atoms with Crippen LogP contribution in [0, 0.1) is 0 Å². The highest BCUT2D eigenvalue weighted by molar-refractivity contribution is 9.10. The number of halogens is 2. The van der Waals surface area contributed by atoms with Crippen molar-refractivity contribution in [2.45, 2.75) is 6.42 Å². The number of nitrogen functional groups attached to an aromatic ring is 1. The van der Waals surface area contributed by atoms with Gasteiger partial charge in [0.15, 0.2) is 0 Å². The molecule has 0 atom stereocenters. The molecule has 13 heavy (non-hydrogen) atoms. The molecule has 0 spiro atoms. The second kappa shape index (κ2) is 3.98. The van der Waals surface area contributed by atoms with Crippen LogP contribution in [0.3, 0.4) is 0 Å². The molecule has 0 aliphatic carbocycles. The Hall–Kier alpha value is -0.740. The van der Waals surface area contributed by atoms with Crippen molar-refractivity contribution in [1.29, 1.82) is 0 Å². The van der Waals surface area contributed by atoms with Crippen molar-refractivity contribution < 1.29 is 9.90 Å². The number of anilines is 1. The van der Waals surface area contributed by atoms with Crippen molar-refractivity contribution >= 4 is 39.2 Å². The molecule has 70 valence electrons. The molecule has 0 bridgehead atoms. The summed E-state index contributed by atoms with van der Waals surface area (Å²) in [5.41, 5.74) is 6.44. The van der Waals surface area contributed by atoms with Crippen LogP contribution >= 0.6 is 27.5 Å². The Bertz CT molecular complexity index is 354. The van der Waals surface area contributed by atoms with E-state index in [2.05, 4.69) is 15.9 Å². The number of hydrogen-bond donors (Lipinski definition) is 2. The average Bonchev–Trinajstić information content (AvgIpc) is 2.05. The molecule has 0 aliphatic heterocycles. The number of nitrogens with two attached hydrogens (primary N) is 1. The summed E-state index contributed by atoms with van der Waals surface area (Å²) < 4.78 is 0.664. The molecule has 1 rings (SSSR count). The summed E-state index contributed by atoms with van der Waals surface area (Å²) in [5, 5.41) is 8.96. The van der Waals surface area contributed by atoms with Crippen LogP contribution in [0.2, 0.25) is 5.02 Å². The summed E-state index contributed by atoms with van der Waals surface area (Å²) in [5.74, 6) is -0.935. The molecule has 0 unspecified atom stereocenters. The molecular weight excluding hydrogens is 257 g/mol. The minimum atomic E-state index is -0.935. The molecule has 1 aromatic carbocycles. The van der Waals surface area contributed by atoms with Gasteiger partial charge in [-0.25, -0.2) is 0 Å². The molecule has 0 radical (unpaired) electrons. The monoisotopic (exact) mass is 263 g/mol. The molecule has 5 heteroatoms. The van der Waals surface area contributed by atoms with Gasteiger partial charge in [0, 0.05) is 10.0 Å². The fourth-order valence-corrected chi connectivity index (χ4v) is 1.60. The van der Waals surface area contributed by atoms with Crippen LogP contribution < -0.4 is 5.73 Å². The fourth-order valence-electron chi connectivity index (χ4n) is 0.940. The molecule has 0 fully saturated rings. The van der Waals surface area contributed by atoms with Crippen molar-refractivity contribution in [3.8, 4) is 0 Å². The highest BCUT2D eigenvalue weighted by Gasteiger charge is 2.11. The lowest BCUT2D eigenvalue weighted by atomic mass is 10.1. The largest absolute Gasteiger partial charge is 0.481 e. The van der Waals surface area contributed by atoms with E-state index in [1.54, 1.807) is 12.1 Å². The molecule has 0 saturated heterocycles. The minimum absolute atomic E-state index is 0.132. The summed E-state index contributed by atoms with van der Waals surface area (Å²) in [6.45, 7) is 0. The molecule has 0 aromatic heterocycles. The smallest absolute Gasteiger partial charge is 0.307 e. The van der Waals surface area contributed by atoms with Crippen molar-refractivity contribution in [3.63, 3.8) is 0 Å². The molecule has 0 saturated carbocycles. The zero-order valence-corrected chi connectivity index (χ0v) is 8.89. The quantitative estimate of drug-likeness (QED) is 0.806. The number of carboxylic acid groups (broad SMARTS) is 1. The summed E-state index contributed by atoms with van der Waals surface area (Å²) >= 11 is 8.94. The number of carbonyl (C=O) groups is 1. The fraction of sp³-hybridized carbons (Fsp3) is 0.125. The van der Waals surface area contributed by atoms with E-state index in [1.807, 2.05) is 0 Å². The van der Waals surface area contributed by atoms with E-state index in [1.165, 1.54) is 0 Å². The molecule has 0 amide bonds. The Morgan fingerprint density at radius 3 is 2.77 bits per heavy atom. The van der Waals surface area contributed by atoms with Crippen LogP contribution in [-0.2, 0) is 11.2 Å². The first kappa shape index (κ1) is 10.3. The number of carboxylic acids is 1. The van der Waals surface area contributed by atoms with Gasteiger partial charge in [0.25, 0.3) is 0 Å². The summed E-state index contributed by atoms with van der Waals surface area (Å²) in [7, 11) is 0. The van der Waals surface area contributed by atoms with Crippen LogP contribution in [0.1, 0.15) is 5.56 Å². The molecule has 0 heterocycles. The zero-order chi connectivity index (χ0) is 10.0. The van der Waals surface area contributed by atoms with Crippen LogP contribution in [0.5, 0.6) is 0 Å². The molecule has 3 N–H and O–H groups in total. The predicted octanol–water partition coefficient (Wildman–Crippen LogP) is 2.31. The van der Waals surface area contributed by atoms with Crippen LogP contribution in [-0.4, -0.2) is 11.1 Å². The van der Waals surface area contributed by atoms with E-state index in [-0.39, 0.29) is 6.42 Å². The third kappa shape index (κ3) is 2.35. The van der Waals surface area contributed by atoms with Crippen LogP contribution in [0.15, 0.2) is 16.6 Å². The Labute approximate surface area is 88.6 Å². The van der Waals surface area contributed by atoms with Gasteiger partial charge in [0.2, 0.25) is 0 Å². The standard InChI is InChI=1S/C8H7BrClNO2/c9-5-1-2-6(10)8(11)4(5)3-7(12)13/h1-2H,3,11H2,(H,12,13). The second-order valence-corrected chi connectivity index (χ2v) is 3.75. The third-order valence-electron chi connectivity index (χ3n) is 1.57.